The fourth-order valence-electron chi connectivity index (χ4n) is 2.94. The predicted molar refractivity (Wildman–Crippen MR) is 108 cm³/mol. The molecule has 0 radical (unpaired) electrons. The molecule has 4 rings (SSSR count). The van der Waals surface area contributed by atoms with Crippen molar-refractivity contribution in [2.24, 2.45) is 0 Å². The summed E-state index contributed by atoms with van der Waals surface area (Å²) in [5.41, 5.74) is 2.49. The Labute approximate surface area is 145 Å². The first-order valence-electron chi connectivity index (χ1n) is 8.97. The van der Waals surface area contributed by atoms with Crippen molar-refractivity contribution < 1.29 is 0 Å². The van der Waals surface area contributed by atoms with E-state index in [4.69, 9.17) is 0 Å². The maximum absolute atomic E-state index is 2.36. The fraction of sp³-hybridized carbons (Fsp3) is 0.217. The Hall–Kier alpha value is -2.54. The molecule has 1 aromatic heterocycles. The minimum Gasteiger partial charge on any atom is -0.310 e. The molecule has 0 amide bonds. The quantitative estimate of drug-likeness (QED) is 0.581. The zero-order valence-electron chi connectivity index (χ0n) is 15.2. The van der Waals surface area contributed by atoms with E-state index in [9.17, 15) is 0 Å². The Kier molecular flexibility index (Phi) is 6.62. The summed E-state index contributed by atoms with van der Waals surface area (Å²) in [7, 11) is 0. The second-order valence-electron chi connectivity index (χ2n) is 5.02. The molecular weight excluding hydrogens is 290 g/mol. The van der Waals surface area contributed by atoms with E-state index in [0.29, 0.717) is 0 Å². The van der Waals surface area contributed by atoms with Crippen molar-refractivity contribution in [3.8, 4) is 5.69 Å². The van der Waals surface area contributed by atoms with Gasteiger partial charge in [0.2, 0.25) is 0 Å². The molecule has 0 atom stereocenters. The molecule has 1 nitrogen and oxygen atoms in total. The van der Waals surface area contributed by atoms with E-state index in [2.05, 4.69) is 83.5 Å². The fourth-order valence-corrected chi connectivity index (χ4v) is 2.94. The Morgan fingerprint density at radius 1 is 0.792 bits per heavy atom. The highest BCUT2D eigenvalue weighted by Gasteiger charge is 2.08. The standard InChI is InChI=1S/C19H15N.2C2H6/c1-3-9-15(10-4-1)20-18-13-6-2-5-11-16(18)17-12-7-8-14-19(17)20;2*1-2/h1-5,7-14H,6H2;2*1-2H3. The molecule has 0 spiro atoms. The number of fused-ring (bicyclic) bond motifs is 3. The van der Waals surface area contributed by atoms with Crippen LogP contribution in [-0.4, -0.2) is 4.57 Å². The summed E-state index contributed by atoms with van der Waals surface area (Å²) in [6, 6.07) is 19.2. The molecule has 0 unspecified atom stereocenters. The summed E-state index contributed by atoms with van der Waals surface area (Å²) < 4.78 is 2.36. The highest BCUT2D eigenvalue weighted by atomic mass is 15.0. The summed E-state index contributed by atoms with van der Waals surface area (Å²) in [4.78, 5) is 0. The molecule has 0 fully saturated rings. The maximum atomic E-state index is 2.36. The molecule has 0 N–H and O–H groups in total. The lowest BCUT2D eigenvalue weighted by Gasteiger charge is -2.06. The Bertz CT molecular complexity index is 912. The van der Waals surface area contributed by atoms with Crippen LogP contribution in [0.2, 0.25) is 0 Å². The molecule has 3 aromatic rings. The van der Waals surface area contributed by atoms with Gasteiger partial charge in [-0.15, -0.1) is 0 Å². The largest absolute Gasteiger partial charge is 0.310 e. The van der Waals surface area contributed by atoms with Gasteiger partial charge in [-0.2, -0.15) is 0 Å². The van der Waals surface area contributed by atoms with Crippen LogP contribution < -0.4 is 10.6 Å². The number of aromatic nitrogens is 1. The van der Waals surface area contributed by atoms with Gasteiger partial charge in [0.05, 0.1) is 10.9 Å². The number of nitrogens with zero attached hydrogens (tertiary/aromatic N) is 1. The summed E-state index contributed by atoms with van der Waals surface area (Å²) in [6.45, 7) is 8.00. The highest BCUT2D eigenvalue weighted by molar-refractivity contribution is 5.84. The first-order valence-corrected chi connectivity index (χ1v) is 8.97. The number of para-hydroxylation sites is 2. The van der Waals surface area contributed by atoms with E-state index in [0.717, 1.165) is 6.42 Å². The number of hydrogen-bond donors (Lipinski definition) is 0. The molecule has 2 aromatic carbocycles. The zero-order chi connectivity index (χ0) is 17.4. The second-order valence-corrected chi connectivity index (χ2v) is 5.02. The van der Waals surface area contributed by atoms with Crippen molar-refractivity contribution in [2.75, 3.05) is 0 Å². The van der Waals surface area contributed by atoms with Crippen LogP contribution in [0, 0.1) is 0 Å². The average Bonchev–Trinajstić information content (AvgIpc) is 2.82. The van der Waals surface area contributed by atoms with Gasteiger partial charge < -0.3 is 4.57 Å². The monoisotopic (exact) mass is 317 g/mol. The predicted octanol–water partition coefficient (Wildman–Crippen LogP) is 5.20. The Morgan fingerprint density at radius 3 is 2.21 bits per heavy atom. The molecule has 24 heavy (non-hydrogen) atoms. The van der Waals surface area contributed by atoms with Gasteiger partial charge in [-0.1, -0.05) is 88.4 Å². The SMILES string of the molecule is C1=CCC=c2c(c3ccccc3n2-c2ccccc2)=C1.CC.CC. The molecule has 1 aliphatic rings. The lowest BCUT2D eigenvalue weighted by atomic mass is 10.2. The van der Waals surface area contributed by atoms with Crippen molar-refractivity contribution in [1.82, 2.24) is 4.57 Å². The Morgan fingerprint density at radius 2 is 1.46 bits per heavy atom. The summed E-state index contributed by atoms with van der Waals surface area (Å²) in [5, 5.41) is 3.93. The third-order valence-corrected chi connectivity index (χ3v) is 3.81. The third kappa shape index (κ3) is 3.35. The summed E-state index contributed by atoms with van der Waals surface area (Å²) in [6.07, 6.45) is 9.86. The van der Waals surface area contributed by atoms with E-state index in [-0.39, 0.29) is 0 Å². The maximum Gasteiger partial charge on any atom is 0.0540 e. The first-order chi connectivity index (χ1) is 11.9. The topological polar surface area (TPSA) is 4.93 Å². The van der Waals surface area contributed by atoms with Crippen LogP contribution in [0.1, 0.15) is 34.1 Å². The summed E-state index contributed by atoms with van der Waals surface area (Å²) >= 11 is 0. The van der Waals surface area contributed by atoms with Crippen molar-refractivity contribution in [3.63, 3.8) is 0 Å². The van der Waals surface area contributed by atoms with Gasteiger partial charge in [0, 0.05) is 16.3 Å². The molecule has 0 aliphatic heterocycles. The van der Waals surface area contributed by atoms with Crippen molar-refractivity contribution in [2.45, 2.75) is 34.1 Å². The molecule has 1 heterocycles. The number of benzene rings is 2. The van der Waals surface area contributed by atoms with E-state index < -0.39 is 0 Å². The van der Waals surface area contributed by atoms with Crippen molar-refractivity contribution in [3.05, 3.63) is 77.3 Å². The normalized spacial score (nSPS) is 11.7. The van der Waals surface area contributed by atoms with Gasteiger partial charge in [0.1, 0.15) is 0 Å². The lowest BCUT2D eigenvalue weighted by molar-refractivity contribution is 1.06. The van der Waals surface area contributed by atoms with Crippen LogP contribution in [-0.2, 0) is 0 Å². The van der Waals surface area contributed by atoms with Gasteiger partial charge in [-0.3, -0.25) is 0 Å². The molecule has 124 valence electrons. The minimum absolute atomic E-state index is 0.979. The zero-order valence-corrected chi connectivity index (χ0v) is 15.2. The van der Waals surface area contributed by atoms with Crippen molar-refractivity contribution >= 4 is 23.1 Å². The van der Waals surface area contributed by atoms with Gasteiger partial charge in [-0.05, 0) is 24.6 Å². The van der Waals surface area contributed by atoms with Crippen LogP contribution in [0.5, 0.6) is 0 Å². The van der Waals surface area contributed by atoms with Crippen LogP contribution in [0.3, 0.4) is 0 Å². The molecule has 1 heteroatoms. The molecule has 0 bridgehead atoms. The van der Waals surface area contributed by atoms with Crippen molar-refractivity contribution in [1.29, 1.82) is 0 Å². The van der Waals surface area contributed by atoms with E-state index in [1.165, 1.54) is 27.2 Å². The van der Waals surface area contributed by atoms with Crippen LogP contribution >= 0.6 is 0 Å². The average molecular weight is 317 g/mol. The summed E-state index contributed by atoms with van der Waals surface area (Å²) in [5.74, 6) is 0. The molecular formula is C23H27N. The number of allylic oxidation sites excluding steroid dienone is 2. The van der Waals surface area contributed by atoms with Gasteiger partial charge >= 0.3 is 0 Å². The number of rotatable bonds is 1. The van der Waals surface area contributed by atoms with E-state index in [1.807, 2.05) is 27.7 Å². The third-order valence-electron chi connectivity index (χ3n) is 3.81. The smallest absolute Gasteiger partial charge is 0.0540 e. The number of hydrogen-bond acceptors (Lipinski definition) is 0. The molecule has 0 saturated carbocycles. The lowest BCUT2D eigenvalue weighted by Crippen LogP contribution is -2.27. The van der Waals surface area contributed by atoms with Gasteiger partial charge in [0.25, 0.3) is 0 Å². The second kappa shape index (κ2) is 8.93. The molecule has 1 aliphatic carbocycles. The van der Waals surface area contributed by atoms with E-state index in [1.54, 1.807) is 0 Å². The van der Waals surface area contributed by atoms with Crippen LogP contribution in [0.25, 0.3) is 28.7 Å². The Balaban J connectivity index is 0.000000487. The van der Waals surface area contributed by atoms with Gasteiger partial charge in [-0.25, -0.2) is 0 Å². The van der Waals surface area contributed by atoms with Gasteiger partial charge in [0.15, 0.2) is 0 Å². The minimum atomic E-state index is 0.979. The highest BCUT2D eigenvalue weighted by Crippen LogP contribution is 2.14. The van der Waals surface area contributed by atoms with E-state index >= 15 is 0 Å². The van der Waals surface area contributed by atoms with Crippen LogP contribution in [0.15, 0.2) is 66.7 Å². The van der Waals surface area contributed by atoms with Crippen LogP contribution in [0.4, 0.5) is 0 Å². The molecule has 0 saturated heterocycles. The first kappa shape index (κ1) is 17.8.